The fourth-order valence-corrected chi connectivity index (χ4v) is 2.62. The number of rotatable bonds is 8. The third-order valence-corrected chi connectivity index (χ3v) is 3.68. The summed E-state index contributed by atoms with van der Waals surface area (Å²) in [4.78, 5) is 0. The van der Waals surface area contributed by atoms with Crippen LogP contribution in [0.15, 0.2) is 30.8 Å². The second kappa shape index (κ2) is 8.13. The molecule has 0 aliphatic rings. The summed E-state index contributed by atoms with van der Waals surface area (Å²) in [6.07, 6.45) is 7.57. The molecule has 0 aliphatic carbocycles. The first-order chi connectivity index (χ1) is 8.71. The lowest BCUT2D eigenvalue weighted by Crippen LogP contribution is -2.04. The summed E-state index contributed by atoms with van der Waals surface area (Å²) in [6, 6.07) is 8.97. The quantitative estimate of drug-likeness (QED) is 0.536. The lowest BCUT2D eigenvalue weighted by atomic mass is 9.90. The van der Waals surface area contributed by atoms with Gasteiger partial charge in [0.2, 0.25) is 0 Å². The van der Waals surface area contributed by atoms with Gasteiger partial charge in [-0.2, -0.15) is 0 Å². The third kappa shape index (κ3) is 4.68. The summed E-state index contributed by atoms with van der Waals surface area (Å²) in [5, 5.41) is 0. The lowest BCUT2D eigenvalue weighted by Gasteiger charge is -2.16. The topological polar surface area (TPSA) is 0 Å². The summed E-state index contributed by atoms with van der Waals surface area (Å²) < 4.78 is 0. The van der Waals surface area contributed by atoms with Crippen molar-refractivity contribution in [2.75, 3.05) is 0 Å². The van der Waals surface area contributed by atoms with E-state index in [2.05, 4.69) is 51.6 Å². The fraction of sp³-hybridized carbons (Fsp3) is 0.556. The van der Waals surface area contributed by atoms with Gasteiger partial charge in [0.1, 0.15) is 0 Å². The Morgan fingerprint density at radius 1 is 1.11 bits per heavy atom. The van der Waals surface area contributed by atoms with Gasteiger partial charge >= 0.3 is 0 Å². The largest absolute Gasteiger partial charge is 0.0952 e. The Morgan fingerprint density at radius 3 is 2.33 bits per heavy atom. The fourth-order valence-electron chi connectivity index (χ4n) is 2.62. The highest BCUT2D eigenvalue weighted by atomic mass is 14.1. The maximum atomic E-state index is 4.14. The molecule has 0 N–H and O–H groups in total. The summed E-state index contributed by atoms with van der Waals surface area (Å²) in [5.74, 6) is 0.852. The highest BCUT2D eigenvalue weighted by Gasteiger charge is 2.08. The Bertz CT molecular complexity index is 356. The van der Waals surface area contributed by atoms with Crippen LogP contribution in [0.5, 0.6) is 0 Å². The van der Waals surface area contributed by atoms with Gasteiger partial charge in [-0.15, -0.1) is 0 Å². The van der Waals surface area contributed by atoms with E-state index in [4.69, 9.17) is 0 Å². The maximum absolute atomic E-state index is 4.14. The summed E-state index contributed by atoms with van der Waals surface area (Å²) >= 11 is 0. The second-order valence-corrected chi connectivity index (χ2v) is 5.30. The van der Waals surface area contributed by atoms with E-state index < -0.39 is 0 Å². The van der Waals surface area contributed by atoms with Crippen LogP contribution in [0.1, 0.15) is 64.0 Å². The highest BCUT2D eigenvalue weighted by Crippen LogP contribution is 2.22. The van der Waals surface area contributed by atoms with Crippen LogP contribution in [0, 0.1) is 5.92 Å². The normalized spacial score (nSPS) is 10.9. The molecule has 1 aromatic rings. The zero-order chi connectivity index (χ0) is 13.4. The molecule has 0 radical (unpaired) electrons. The van der Waals surface area contributed by atoms with Gasteiger partial charge < -0.3 is 0 Å². The van der Waals surface area contributed by atoms with E-state index in [9.17, 15) is 0 Å². The van der Waals surface area contributed by atoms with E-state index in [1.165, 1.54) is 48.8 Å². The maximum Gasteiger partial charge on any atom is -0.0228 e. The average Bonchev–Trinajstić information content (AvgIpc) is 2.39. The summed E-state index contributed by atoms with van der Waals surface area (Å²) in [7, 11) is 0. The molecule has 0 saturated heterocycles. The molecular formula is C18H28. The Morgan fingerprint density at radius 2 is 1.78 bits per heavy atom. The molecular weight excluding hydrogens is 216 g/mol. The SMILES string of the molecule is C=C(CC)c1cccc(CC(CCC)CCC)c1. The lowest BCUT2D eigenvalue weighted by molar-refractivity contribution is 0.438. The highest BCUT2D eigenvalue weighted by molar-refractivity contribution is 5.63. The third-order valence-electron chi connectivity index (χ3n) is 3.68. The zero-order valence-electron chi connectivity index (χ0n) is 12.3. The van der Waals surface area contributed by atoms with Crippen molar-refractivity contribution >= 4 is 5.57 Å². The summed E-state index contributed by atoms with van der Waals surface area (Å²) in [6.45, 7) is 10.9. The molecule has 0 unspecified atom stereocenters. The van der Waals surface area contributed by atoms with Crippen molar-refractivity contribution in [2.24, 2.45) is 5.92 Å². The smallest absolute Gasteiger partial charge is 0.0228 e. The molecule has 0 heterocycles. The van der Waals surface area contributed by atoms with Crippen LogP contribution in [0.2, 0.25) is 0 Å². The van der Waals surface area contributed by atoms with Crippen LogP contribution in [0.25, 0.3) is 5.57 Å². The molecule has 0 spiro atoms. The minimum Gasteiger partial charge on any atom is -0.0952 e. The molecule has 1 aromatic carbocycles. The predicted octanol–water partition coefficient (Wildman–Crippen LogP) is 5.87. The van der Waals surface area contributed by atoms with Crippen molar-refractivity contribution in [3.05, 3.63) is 42.0 Å². The first-order valence-corrected chi connectivity index (χ1v) is 7.48. The first kappa shape index (κ1) is 15.0. The second-order valence-electron chi connectivity index (χ2n) is 5.30. The number of hydrogen-bond donors (Lipinski definition) is 0. The van der Waals surface area contributed by atoms with E-state index in [0.717, 1.165) is 12.3 Å². The Hall–Kier alpha value is -1.04. The van der Waals surface area contributed by atoms with Crippen molar-refractivity contribution in [3.63, 3.8) is 0 Å². The van der Waals surface area contributed by atoms with Crippen LogP contribution < -0.4 is 0 Å². The van der Waals surface area contributed by atoms with Gasteiger partial charge in [-0.05, 0) is 35.5 Å². The minimum absolute atomic E-state index is 0.852. The van der Waals surface area contributed by atoms with Gasteiger partial charge in [-0.1, -0.05) is 77.3 Å². The molecule has 0 aliphatic heterocycles. The van der Waals surface area contributed by atoms with E-state index in [0.29, 0.717) is 0 Å². The van der Waals surface area contributed by atoms with Crippen molar-refractivity contribution in [3.8, 4) is 0 Å². The van der Waals surface area contributed by atoms with Gasteiger partial charge in [0.15, 0.2) is 0 Å². The first-order valence-electron chi connectivity index (χ1n) is 7.48. The molecule has 18 heavy (non-hydrogen) atoms. The molecule has 0 atom stereocenters. The number of hydrogen-bond acceptors (Lipinski definition) is 0. The summed E-state index contributed by atoms with van der Waals surface area (Å²) in [5.41, 5.74) is 4.05. The molecule has 1 rings (SSSR count). The van der Waals surface area contributed by atoms with Crippen molar-refractivity contribution in [2.45, 2.75) is 59.3 Å². The monoisotopic (exact) mass is 244 g/mol. The molecule has 0 heteroatoms. The Labute approximate surface area is 113 Å². The van der Waals surface area contributed by atoms with Crippen molar-refractivity contribution < 1.29 is 0 Å². The van der Waals surface area contributed by atoms with E-state index >= 15 is 0 Å². The molecule has 0 amide bonds. The average molecular weight is 244 g/mol. The Balaban J connectivity index is 2.73. The van der Waals surface area contributed by atoms with Gasteiger partial charge in [-0.25, -0.2) is 0 Å². The van der Waals surface area contributed by atoms with Gasteiger partial charge in [-0.3, -0.25) is 0 Å². The van der Waals surface area contributed by atoms with Gasteiger partial charge in [0.25, 0.3) is 0 Å². The molecule has 0 aromatic heterocycles. The van der Waals surface area contributed by atoms with E-state index in [-0.39, 0.29) is 0 Å². The van der Waals surface area contributed by atoms with Crippen LogP contribution in [0.4, 0.5) is 0 Å². The molecule has 0 nitrogen and oxygen atoms in total. The standard InChI is InChI=1S/C18H28/c1-5-9-16(10-6-2)13-17-11-8-12-18(14-17)15(4)7-3/h8,11-12,14,16H,4-7,9-10,13H2,1-3H3. The molecule has 0 saturated carbocycles. The predicted molar refractivity (Wildman–Crippen MR) is 82.8 cm³/mol. The Kier molecular flexibility index (Phi) is 6.78. The van der Waals surface area contributed by atoms with Gasteiger partial charge in [0.05, 0.1) is 0 Å². The van der Waals surface area contributed by atoms with Crippen molar-refractivity contribution in [1.82, 2.24) is 0 Å². The van der Waals surface area contributed by atoms with Gasteiger partial charge in [0, 0.05) is 0 Å². The van der Waals surface area contributed by atoms with Crippen molar-refractivity contribution in [1.29, 1.82) is 0 Å². The molecule has 0 fully saturated rings. The molecule has 0 bridgehead atoms. The van der Waals surface area contributed by atoms with Crippen LogP contribution >= 0.6 is 0 Å². The number of allylic oxidation sites excluding steroid dienone is 1. The van der Waals surface area contributed by atoms with Crippen LogP contribution in [0.3, 0.4) is 0 Å². The van der Waals surface area contributed by atoms with Crippen LogP contribution in [-0.2, 0) is 6.42 Å². The number of benzene rings is 1. The zero-order valence-corrected chi connectivity index (χ0v) is 12.3. The van der Waals surface area contributed by atoms with E-state index in [1.54, 1.807) is 0 Å². The molecule has 100 valence electrons. The minimum atomic E-state index is 0.852. The van der Waals surface area contributed by atoms with E-state index in [1.807, 2.05) is 0 Å². The van der Waals surface area contributed by atoms with Crippen LogP contribution in [-0.4, -0.2) is 0 Å².